The summed E-state index contributed by atoms with van der Waals surface area (Å²) in [5.41, 5.74) is 4.08. The Hall–Kier alpha value is -4.57. The lowest BCUT2D eigenvalue weighted by atomic mass is 9.83. The van der Waals surface area contributed by atoms with Gasteiger partial charge in [-0.25, -0.2) is 13.8 Å². The van der Waals surface area contributed by atoms with Gasteiger partial charge in [-0.05, 0) is 128 Å². The number of H-pyrrole nitrogens is 1. The molecule has 1 saturated carbocycles. The van der Waals surface area contributed by atoms with Gasteiger partial charge in [-0.15, -0.1) is 0 Å². The van der Waals surface area contributed by atoms with Crippen molar-refractivity contribution in [2.45, 2.75) is 115 Å². The van der Waals surface area contributed by atoms with E-state index in [0.717, 1.165) is 105 Å². The number of benzene rings is 2. The maximum atomic E-state index is 14.5. The fourth-order valence-corrected chi connectivity index (χ4v) is 9.30. The molecule has 2 aliphatic heterocycles. The number of rotatable bonds is 16. The number of nitrogens with one attached hydrogen (secondary N) is 5. The second-order valence-electron chi connectivity index (χ2n) is 16.7. The highest BCUT2D eigenvalue weighted by Gasteiger charge is 2.37. The molecule has 2 aromatic carbocycles. The van der Waals surface area contributed by atoms with Crippen LogP contribution in [0.4, 0.5) is 8.78 Å². The fraction of sp³-hybridized carbons (Fsp3) is 0.587. The molecule has 0 bridgehead atoms. The number of imidazole rings is 1. The van der Waals surface area contributed by atoms with Crippen molar-refractivity contribution in [1.82, 2.24) is 45.6 Å². The van der Waals surface area contributed by atoms with Gasteiger partial charge < -0.3 is 50.2 Å². The lowest BCUT2D eigenvalue weighted by Crippen LogP contribution is -2.51. The zero-order valence-electron chi connectivity index (χ0n) is 36.7. The summed E-state index contributed by atoms with van der Waals surface area (Å²) in [6.45, 7) is 5.23. The summed E-state index contributed by atoms with van der Waals surface area (Å²) in [5.74, 6) is 0.570. The van der Waals surface area contributed by atoms with Gasteiger partial charge in [0, 0.05) is 42.1 Å². The molecule has 4 heterocycles. The van der Waals surface area contributed by atoms with Crippen molar-refractivity contribution in [2.75, 3.05) is 54.4 Å². The largest absolute Gasteiger partial charge is 0.352 e. The predicted molar refractivity (Wildman–Crippen MR) is 237 cm³/mol. The maximum Gasteiger partial charge on any atom is 0.240 e. The van der Waals surface area contributed by atoms with Crippen molar-refractivity contribution < 1.29 is 28.0 Å². The lowest BCUT2D eigenvalue weighted by molar-refractivity contribution is -0.136. The Balaban J connectivity index is 0.000000351. The molecule has 2 aromatic heterocycles. The Kier molecular flexibility index (Phi) is 18.4. The van der Waals surface area contributed by atoms with Crippen LogP contribution >= 0.6 is 0 Å². The normalized spacial score (nSPS) is 19.2. The van der Waals surface area contributed by atoms with E-state index >= 15 is 0 Å². The number of likely N-dealkylation sites (N-methyl/N-ethyl adjacent to an activating group) is 4. The van der Waals surface area contributed by atoms with Crippen LogP contribution in [0.5, 0.6) is 0 Å². The first kappa shape index (κ1) is 47.5. The van der Waals surface area contributed by atoms with Crippen LogP contribution in [0.3, 0.4) is 0 Å². The second kappa shape index (κ2) is 23.6. The zero-order chi connectivity index (χ0) is 43.9. The van der Waals surface area contributed by atoms with Crippen LogP contribution in [0.2, 0.25) is 0 Å². The Morgan fingerprint density at radius 1 is 0.918 bits per heavy atom. The van der Waals surface area contributed by atoms with Gasteiger partial charge in [0.25, 0.3) is 0 Å². The monoisotopic (exact) mass is 848 g/mol. The fourth-order valence-electron chi connectivity index (χ4n) is 9.30. The topological polar surface area (TPSA) is 156 Å². The van der Waals surface area contributed by atoms with Gasteiger partial charge in [0.05, 0.1) is 41.9 Å². The minimum atomic E-state index is -0.323. The Bertz CT molecular complexity index is 2050. The summed E-state index contributed by atoms with van der Waals surface area (Å²) in [5, 5.41) is 12.3. The standard InChI is InChI=1S/C35H44F2N6O.C8H16N2O2.C3H7NO/c1-38-32(22-8-4-3-5-9-22)35(44)42-17-7-10-25(42)20-28-27-14-12-23(36)18-29(27)39-33(28)34-40-30-19-24(37)13-15-31(30)43(34)21-26-11-6-16-41(26)2;1-3-4-7(6-11)10-8(12)5-9-2;1-4-2-3-5/h12-15,18-19,22,25-26,32,38-39H,3-11,16-17,20-21H2,1-2H3;6-7,9H,3-5H2,1-2H3,(H,10,12);3-4H,2H2,1H3. The number of likely N-dealkylation sites (tertiary alicyclic amines) is 2. The molecule has 4 atom stereocenters. The highest BCUT2D eigenvalue weighted by Crippen LogP contribution is 2.37. The molecular weight excluding hydrogens is 781 g/mol. The molecule has 4 aromatic rings. The lowest BCUT2D eigenvalue weighted by Gasteiger charge is -2.34. The Morgan fingerprint density at radius 3 is 2.28 bits per heavy atom. The number of carbonyl (C=O) groups excluding carboxylic acids is 4. The van der Waals surface area contributed by atoms with Crippen molar-refractivity contribution in [3.05, 3.63) is 53.6 Å². The summed E-state index contributed by atoms with van der Waals surface area (Å²) >= 11 is 0. The number of aromatic amines is 1. The third-order valence-corrected chi connectivity index (χ3v) is 12.4. The van der Waals surface area contributed by atoms with Crippen LogP contribution in [0.1, 0.15) is 83.1 Å². The first-order valence-electron chi connectivity index (χ1n) is 22.2. The van der Waals surface area contributed by atoms with E-state index in [4.69, 9.17) is 4.98 Å². The van der Waals surface area contributed by atoms with Gasteiger partial charge in [-0.3, -0.25) is 9.59 Å². The first-order chi connectivity index (χ1) is 29.6. The summed E-state index contributed by atoms with van der Waals surface area (Å²) in [7, 11) is 7.50. The predicted octanol–water partition coefficient (Wildman–Crippen LogP) is 5.35. The van der Waals surface area contributed by atoms with Gasteiger partial charge >= 0.3 is 0 Å². The summed E-state index contributed by atoms with van der Waals surface area (Å²) < 4.78 is 31.1. The number of aldehydes is 2. The zero-order valence-corrected chi connectivity index (χ0v) is 36.7. The number of halogens is 2. The smallest absolute Gasteiger partial charge is 0.240 e. The van der Waals surface area contributed by atoms with E-state index in [2.05, 4.69) is 47.7 Å². The third-order valence-electron chi connectivity index (χ3n) is 12.4. The van der Waals surface area contributed by atoms with Crippen molar-refractivity contribution in [2.24, 2.45) is 5.92 Å². The Morgan fingerprint density at radius 2 is 1.64 bits per heavy atom. The number of aromatic nitrogens is 3. The average Bonchev–Trinajstić information content (AvgIpc) is 4.05. The molecule has 1 aliphatic carbocycles. The first-order valence-corrected chi connectivity index (χ1v) is 22.2. The van der Waals surface area contributed by atoms with E-state index in [1.807, 2.05) is 26.1 Å². The maximum absolute atomic E-state index is 14.5. The van der Waals surface area contributed by atoms with Gasteiger partial charge in [0.1, 0.15) is 24.2 Å². The minimum absolute atomic E-state index is 0.0426. The molecule has 3 aliphatic rings. The molecule has 2 amide bonds. The highest BCUT2D eigenvalue weighted by atomic mass is 19.1. The molecule has 7 rings (SSSR count). The average molecular weight is 848 g/mol. The number of nitrogens with zero attached hydrogens (tertiary/aromatic N) is 4. The number of fused-ring (bicyclic) bond motifs is 2. The summed E-state index contributed by atoms with van der Waals surface area (Å²) in [4.78, 5) is 57.8. The SMILES string of the molecule is CCCC(C=O)NC(=O)CNC.CNC(C(=O)N1CCCC1Cc1c(-c2nc3cc(F)ccc3n2CC2CCCN2C)[nH]c2cc(F)ccc12)C1CCCCC1.CNCC=O. The van der Waals surface area contributed by atoms with Crippen molar-refractivity contribution in [1.29, 1.82) is 0 Å². The van der Waals surface area contributed by atoms with E-state index in [1.54, 1.807) is 14.1 Å². The van der Waals surface area contributed by atoms with Gasteiger partial charge in [0.15, 0.2) is 5.82 Å². The number of carbonyl (C=O) groups is 4. The summed E-state index contributed by atoms with van der Waals surface area (Å²) in [6, 6.07) is 9.61. The van der Waals surface area contributed by atoms with Gasteiger partial charge in [0.2, 0.25) is 11.8 Å². The minimum Gasteiger partial charge on any atom is -0.352 e. The molecule has 2 saturated heterocycles. The van der Waals surface area contributed by atoms with E-state index in [9.17, 15) is 28.0 Å². The molecule has 5 N–H and O–H groups in total. The molecule has 13 nitrogen and oxygen atoms in total. The molecule has 4 unspecified atom stereocenters. The molecule has 0 spiro atoms. The quantitative estimate of drug-likeness (QED) is 0.0939. The van der Waals surface area contributed by atoms with Gasteiger partial charge in [-0.1, -0.05) is 32.6 Å². The van der Waals surface area contributed by atoms with E-state index in [0.29, 0.717) is 42.4 Å². The van der Waals surface area contributed by atoms with Crippen molar-refractivity contribution in [3.8, 4) is 11.5 Å². The van der Waals surface area contributed by atoms with Gasteiger partial charge in [-0.2, -0.15) is 0 Å². The van der Waals surface area contributed by atoms with Crippen LogP contribution in [0, 0.1) is 17.6 Å². The van der Waals surface area contributed by atoms with E-state index < -0.39 is 0 Å². The van der Waals surface area contributed by atoms with Crippen molar-refractivity contribution in [3.63, 3.8) is 0 Å². The van der Waals surface area contributed by atoms with Crippen LogP contribution in [0.25, 0.3) is 33.5 Å². The molecule has 15 heteroatoms. The summed E-state index contributed by atoms with van der Waals surface area (Å²) in [6.07, 6.45) is 13.8. The van der Waals surface area contributed by atoms with Crippen LogP contribution < -0.4 is 21.3 Å². The van der Waals surface area contributed by atoms with Crippen LogP contribution in [-0.4, -0.2) is 127 Å². The second-order valence-corrected chi connectivity index (χ2v) is 16.7. The van der Waals surface area contributed by atoms with Crippen molar-refractivity contribution >= 4 is 46.3 Å². The number of amides is 2. The molecule has 61 heavy (non-hydrogen) atoms. The molecule has 3 fully saturated rings. The van der Waals surface area contributed by atoms with E-state index in [1.165, 1.54) is 43.5 Å². The number of hydrogen-bond acceptors (Lipinski definition) is 9. The highest BCUT2D eigenvalue weighted by molar-refractivity contribution is 5.92. The van der Waals surface area contributed by atoms with Crippen LogP contribution in [0.15, 0.2) is 36.4 Å². The molecular formula is C46H67F2N9O4. The Labute approximate surface area is 359 Å². The number of hydrogen-bond donors (Lipinski definition) is 5. The molecule has 0 radical (unpaired) electrons. The molecule has 334 valence electrons. The van der Waals surface area contributed by atoms with Crippen LogP contribution in [-0.2, 0) is 32.1 Å². The van der Waals surface area contributed by atoms with E-state index in [-0.39, 0.29) is 48.1 Å². The third kappa shape index (κ3) is 12.3.